The Kier molecular flexibility index (Phi) is 3.98. The summed E-state index contributed by atoms with van der Waals surface area (Å²) in [5, 5.41) is 5.09. The van der Waals surface area contributed by atoms with Crippen LogP contribution in [-0.2, 0) is 19.1 Å². The van der Waals surface area contributed by atoms with Crippen LogP contribution in [0.2, 0.25) is 0 Å². The average molecular weight is 269 g/mol. The summed E-state index contributed by atoms with van der Waals surface area (Å²) < 4.78 is 9.51. The van der Waals surface area contributed by atoms with E-state index in [1.165, 1.54) is 14.2 Å². The molecule has 5 nitrogen and oxygen atoms in total. The van der Waals surface area contributed by atoms with Crippen LogP contribution in [0.1, 0.15) is 17.3 Å². The standard InChI is InChI=1S/C12H15NO4S/c1-16-11(14)7-6-8(12(15)17-2)13-10(7)9-4-3-5-18-9/h3-5,7-8,10,13H,6H2,1-2H3/t7-,8+,10-/m0/s1. The van der Waals surface area contributed by atoms with Gasteiger partial charge in [-0.25, -0.2) is 0 Å². The van der Waals surface area contributed by atoms with Gasteiger partial charge in [0.2, 0.25) is 0 Å². The van der Waals surface area contributed by atoms with Gasteiger partial charge >= 0.3 is 11.9 Å². The third kappa shape index (κ3) is 2.39. The fourth-order valence-corrected chi connectivity index (χ4v) is 3.08. The molecule has 1 aliphatic heterocycles. The van der Waals surface area contributed by atoms with Crippen LogP contribution < -0.4 is 5.32 Å². The van der Waals surface area contributed by atoms with Gasteiger partial charge in [-0.3, -0.25) is 14.9 Å². The van der Waals surface area contributed by atoms with Crippen LogP contribution in [0.5, 0.6) is 0 Å². The molecule has 0 saturated carbocycles. The van der Waals surface area contributed by atoms with Crippen molar-refractivity contribution in [3.63, 3.8) is 0 Å². The minimum Gasteiger partial charge on any atom is -0.469 e. The van der Waals surface area contributed by atoms with Gasteiger partial charge in [0.25, 0.3) is 0 Å². The molecule has 0 aliphatic carbocycles. The van der Waals surface area contributed by atoms with Gasteiger partial charge in [0.1, 0.15) is 6.04 Å². The Balaban J connectivity index is 2.20. The Morgan fingerprint density at radius 1 is 1.33 bits per heavy atom. The first-order chi connectivity index (χ1) is 8.67. The maximum Gasteiger partial charge on any atom is 0.322 e. The van der Waals surface area contributed by atoms with Gasteiger partial charge in [0.15, 0.2) is 0 Å². The number of methoxy groups -OCH3 is 2. The third-order valence-corrected chi connectivity index (χ3v) is 4.07. The molecule has 1 N–H and O–H groups in total. The summed E-state index contributed by atoms with van der Waals surface area (Å²) in [6.07, 6.45) is 0.405. The summed E-state index contributed by atoms with van der Waals surface area (Å²) in [5.74, 6) is -0.993. The number of hydrogen-bond donors (Lipinski definition) is 1. The third-order valence-electron chi connectivity index (χ3n) is 3.11. The summed E-state index contributed by atoms with van der Waals surface area (Å²) in [6, 6.07) is 3.23. The number of ether oxygens (including phenoxy) is 2. The quantitative estimate of drug-likeness (QED) is 0.833. The molecular weight excluding hydrogens is 254 g/mol. The SMILES string of the molecule is COC(=O)[C@H]1C[C@H](C(=O)OC)N[C@@H]1c1cccs1. The van der Waals surface area contributed by atoms with Crippen LogP contribution in [0, 0.1) is 5.92 Å². The Morgan fingerprint density at radius 2 is 2.06 bits per heavy atom. The summed E-state index contributed by atoms with van der Waals surface area (Å²) in [6.45, 7) is 0. The lowest BCUT2D eigenvalue weighted by molar-refractivity contribution is -0.146. The molecule has 0 aromatic carbocycles. The highest BCUT2D eigenvalue weighted by molar-refractivity contribution is 7.10. The van der Waals surface area contributed by atoms with Gasteiger partial charge in [-0.15, -0.1) is 11.3 Å². The van der Waals surface area contributed by atoms with Gasteiger partial charge in [-0.05, 0) is 17.9 Å². The van der Waals surface area contributed by atoms with E-state index in [1.807, 2.05) is 17.5 Å². The molecule has 1 aromatic rings. The van der Waals surface area contributed by atoms with Crippen LogP contribution in [0.15, 0.2) is 17.5 Å². The molecule has 6 heteroatoms. The van der Waals surface area contributed by atoms with E-state index in [0.29, 0.717) is 6.42 Å². The topological polar surface area (TPSA) is 64.6 Å². The van der Waals surface area contributed by atoms with Gasteiger partial charge in [0.05, 0.1) is 26.2 Å². The predicted octanol–water partition coefficient (Wildman–Crippen LogP) is 1.11. The number of carbonyl (C=O) groups is 2. The van der Waals surface area contributed by atoms with E-state index in [0.717, 1.165) is 4.88 Å². The molecular formula is C12H15NO4S. The molecule has 0 spiro atoms. The maximum atomic E-state index is 11.8. The maximum absolute atomic E-state index is 11.8. The van der Waals surface area contributed by atoms with Gasteiger partial charge in [0, 0.05) is 4.88 Å². The van der Waals surface area contributed by atoms with Crippen molar-refractivity contribution in [2.45, 2.75) is 18.5 Å². The van der Waals surface area contributed by atoms with Crippen LogP contribution in [0.4, 0.5) is 0 Å². The van der Waals surface area contributed by atoms with Crippen molar-refractivity contribution in [1.29, 1.82) is 0 Å². The first kappa shape index (κ1) is 13.0. The van der Waals surface area contributed by atoms with Crippen molar-refractivity contribution in [2.24, 2.45) is 5.92 Å². The molecule has 1 aliphatic rings. The number of esters is 2. The lowest BCUT2D eigenvalue weighted by atomic mass is 9.98. The number of nitrogens with one attached hydrogen (secondary N) is 1. The van der Waals surface area contributed by atoms with Crippen molar-refractivity contribution >= 4 is 23.3 Å². The summed E-state index contributed by atoms with van der Waals surface area (Å²) in [5.41, 5.74) is 0. The highest BCUT2D eigenvalue weighted by Crippen LogP contribution is 2.36. The highest BCUT2D eigenvalue weighted by atomic mass is 32.1. The van der Waals surface area contributed by atoms with Crippen LogP contribution >= 0.6 is 11.3 Å². The van der Waals surface area contributed by atoms with E-state index in [4.69, 9.17) is 9.47 Å². The molecule has 2 heterocycles. The largest absolute Gasteiger partial charge is 0.469 e. The zero-order chi connectivity index (χ0) is 13.1. The summed E-state index contributed by atoms with van der Waals surface area (Å²) in [7, 11) is 2.70. The molecule has 0 unspecified atom stereocenters. The molecule has 0 amide bonds. The minimum absolute atomic E-state index is 0.179. The second-order valence-corrected chi connectivity index (χ2v) is 5.08. The van der Waals surface area contributed by atoms with E-state index >= 15 is 0 Å². The molecule has 98 valence electrons. The monoisotopic (exact) mass is 269 g/mol. The molecule has 1 saturated heterocycles. The molecule has 2 rings (SSSR count). The Bertz CT molecular complexity index is 431. The first-order valence-electron chi connectivity index (χ1n) is 5.62. The summed E-state index contributed by atoms with van der Waals surface area (Å²) >= 11 is 1.55. The molecule has 18 heavy (non-hydrogen) atoms. The van der Waals surface area contributed by atoms with E-state index in [1.54, 1.807) is 11.3 Å². The Hall–Kier alpha value is -1.40. The number of hydrogen-bond acceptors (Lipinski definition) is 6. The van der Waals surface area contributed by atoms with E-state index in [9.17, 15) is 9.59 Å². The van der Waals surface area contributed by atoms with Gasteiger partial charge in [-0.2, -0.15) is 0 Å². The van der Waals surface area contributed by atoms with Crippen LogP contribution in [0.3, 0.4) is 0 Å². The van der Waals surface area contributed by atoms with Crippen molar-refractivity contribution in [1.82, 2.24) is 5.32 Å². The predicted molar refractivity (Wildman–Crippen MR) is 66.1 cm³/mol. The lowest BCUT2D eigenvalue weighted by Crippen LogP contribution is -2.33. The Labute approximate surface area is 109 Å². The second kappa shape index (κ2) is 5.49. The number of thiophene rings is 1. The fourth-order valence-electron chi connectivity index (χ4n) is 2.23. The molecule has 0 bridgehead atoms. The van der Waals surface area contributed by atoms with E-state index < -0.39 is 6.04 Å². The normalized spacial score (nSPS) is 26.9. The fraction of sp³-hybridized carbons (Fsp3) is 0.500. The lowest BCUT2D eigenvalue weighted by Gasteiger charge is -2.15. The van der Waals surface area contributed by atoms with Crippen molar-refractivity contribution in [3.8, 4) is 0 Å². The van der Waals surface area contributed by atoms with Crippen LogP contribution in [-0.4, -0.2) is 32.2 Å². The number of carbonyl (C=O) groups excluding carboxylic acids is 2. The smallest absolute Gasteiger partial charge is 0.322 e. The van der Waals surface area contributed by atoms with E-state index in [2.05, 4.69) is 5.32 Å². The zero-order valence-corrected chi connectivity index (χ0v) is 11.0. The molecule has 1 aromatic heterocycles. The highest BCUT2D eigenvalue weighted by Gasteiger charge is 2.43. The zero-order valence-electron chi connectivity index (χ0n) is 10.2. The molecule has 3 atom stereocenters. The second-order valence-electron chi connectivity index (χ2n) is 4.10. The van der Waals surface area contributed by atoms with Crippen LogP contribution in [0.25, 0.3) is 0 Å². The number of rotatable bonds is 3. The van der Waals surface area contributed by atoms with Crippen molar-refractivity contribution in [3.05, 3.63) is 22.4 Å². The van der Waals surface area contributed by atoms with Gasteiger partial charge in [-0.1, -0.05) is 6.07 Å². The van der Waals surface area contributed by atoms with Gasteiger partial charge < -0.3 is 9.47 Å². The summed E-state index contributed by atoms with van der Waals surface area (Å²) in [4.78, 5) is 24.3. The Morgan fingerprint density at radius 3 is 2.61 bits per heavy atom. The average Bonchev–Trinajstić information content (AvgIpc) is 3.04. The van der Waals surface area contributed by atoms with Crippen molar-refractivity contribution < 1.29 is 19.1 Å². The molecule has 1 fully saturated rings. The molecule has 0 radical (unpaired) electrons. The van der Waals surface area contributed by atoms with Crippen molar-refractivity contribution in [2.75, 3.05) is 14.2 Å². The first-order valence-corrected chi connectivity index (χ1v) is 6.50. The van der Waals surface area contributed by atoms with E-state index in [-0.39, 0.29) is 23.9 Å². The minimum atomic E-state index is -0.453.